The summed E-state index contributed by atoms with van der Waals surface area (Å²) in [5.74, 6) is 0.461. The number of hydrogen-bond donors (Lipinski definition) is 1. The van der Waals surface area contributed by atoms with E-state index in [1.165, 1.54) is 37.1 Å². The van der Waals surface area contributed by atoms with Gasteiger partial charge in [0.05, 0.1) is 0 Å². The van der Waals surface area contributed by atoms with Crippen LogP contribution in [0.5, 0.6) is 0 Å². The molecule has 1 N–H and O–H groups in total. The van der Waals surface area contributed by atoms with Gasteiger partial charge in [-0.05, 0) is 63.0 Å². The van der Waals surface area contributed by atoms with Crippen molar-refractivity contribution >= 4 is 5.91 Å². The molecule has 25 heavy (non-hydrogen) atoms. The van der Waals surface area contributed by atoms with Crippen molar-refractivity contribution in [1.82, 2.24) is 15.4 Å². The standard InChI is InChI=1S/C19H22FN3O2/c20-14-5-3-13(4-6-14)19(24)21-15-7-8-18-16(11-15)17(22-25-18)12-23-9-1-2-10-23/h3-6,15H,1-2,7-12H2,(H,21,24). The average Bonchev–Trinajstić information content (AvgIpc) is 3.26. The van der Waals surface area contributed by atoms with Crippen molar-refractivity contribution in [2.24, 2.45) is 0 Å². The first-order valence-corrected chi connectivity index (χ1v) is 8.94. The summed E-state index contributed by atoms with van der Waals surface area (Å²) < 4.78 is 18.5. The minimum absolute atomic E-state index is 0.0572. The van der Waals surface area contributed by atoms with E-state index in [-0.39, 0.29) is 17.8 Å². The number of rotatable bonds is 4. The lowest BCUT2D eigenvalue weighted by Crippen LogP contribution is -2.39. The van der Waals surface area contributed by atoms with Crippen molar-refractivity contribution in [3.05, 3.63) is 52.7 Å². The highest BCUT2D eigenvalue weighted by molar-refractivity contribution is 5.94. The summed E-state index contributed by atoms with van der Waals surface area (Å²) in [5.41, 5.74) is 2.65. The Balaban J connectivity index is 1.42. The molecule has 2 heterocycles. The summed E-state index contributed by atoms with van der Waals surface area (Å²) in [6.45, 7) is 3.07. The number of nitrogens with zero attached hydrogens (tertiary/aromatic N) is 2. The molecule has 1 unspecified atom stereocenters. The molecule has 1 aromatic heterocycles. The number of benzene rings is 1. The number of carbonyl (C=O) groups is 1. The van der Waals surface area contributed by atoms with Crippen molar-refractivity contribution in [2.45, 2.75) is 44.7 Å². The normalized spacial score (nSPS) is 20.4. The second-order valence-corrected chi connectivity index (χ2v) is 6.93. The van der Waals surface area contributed by atoms with Gasteiger partial charge in [-0.2, -0.15) is 0 Å². The first-order chi connectivity index (χ1) is 12.2. The van der Waals surface area contributed by atoms with Crippen molar-refractivity contribution in [1.29, 1.82) is 0 Å². The highest BCUT2D eigenvalue weighted by Crippen LogP contribution is 2.26. The van der Waals surface area contributed by atoms with Crippen LogP contribution in [-0.2, 0) is 19.4 Å². The van der Waals surface area contributed by atoms with Crippen LogP contribution < -0.4 is 5.32 Å². The van der Waals surface area contributed by atoms with E-state index in [0.717, 1.165) is 55.9 Å². The van der Waals surface area contributed by atoms with E-state index in [4.69, 9.17) is 4.52 Å². The fourth-order valence-corrected chi connectivity index (χ4v) is 3.73. The Morgan fingerprint density at radius 2 is 2.04 bits per heavy atom. The van der Waals surface area contributed by atoms with Crippen LogP contribution in [0.2, 0.25) is 0 Å². The first kappa shape index (κ1) is 16.3. The molecule has 1 fully saturated rings. The van der Waals surface area contributed by atoms with Gasteiger partial charge in [-0.1, -0.05) is 5.16 Å². The van der Waals surface area contributed by atoms with Crippen molar-refractivity contribution < 1.29 is 13.7 Å². The lowest BCUT2D eigenvalue weighted by Gasteiger charge is -2.23. The number of carbonyl (C=O) groups excluding carboxylic acids is 1. The van der Waals surface area contributed by atoms with E-state index in [0.29, 0.717) is 5.56 Å². The largest absolute Gasteiger partial charge is 0.361 e. The number of halogens is 1. The Bertz CT molecular complexity index is 751. The molecule has 1 atom stereocenters. The molecule has 0 bridgehead atoms. The van der Waals surface area contributed by atoms with Crippen LogP contribution in [0, 0.1) is 5.82 Å². The third-order valence-corrected chi connectivity index (χ3v) is 5.14. The quantitative estimate of drug-likeness (QED) is 0.927. The lowest BCUT2D eigenvalue weighted by molar-refractivity contribution is 0.0932. The van der Waals surface area contributed by atoms with Gasteiger partial charge in [-0.3, -0.25) is 9.69 Å². The SMILES string of the molecule is O=C(NC1CCc2onc(CN3CCCC3)c2C1)c1ccc(F)cc1. The zero-order chi connectivity index (χ0) is 17.2. The number of hydrogen-bond acceptors (Lipinski definition) is 4. The third kappa shape index (κ3) is 3.58. The van der Waals surface area contributed by atoms with Crippen molar-refractivity contribution in [3.63, 3.8) is 0 Å². The molecule has 1 aliphatic carbocycles. The maximum absolute atomic E-state index is 13.0. The zero-order valence-corrected chi connectivity index (χ0v) is 14.1. The van der Waals surface area contributed by atoms with E-state index >= 15 is 0 Å². The molecule has 0 saturated carbocycles. The first-order valence-electron chi connectivity index (χ1n) is 8.94. The van der Waals surface area contributed by atoms with Gasteiger partial charge >= 0.3 is 0 Å². The van der Waals surface area contributed by atoms with Crippen molar-refractivity contribution in [2.75, 3.05) is 13.1 Å². The Morgan fingerprint density at radius 1 is 1.28 bits per heavy atom. The van der Waals surface area contributed by atoms with Crippen LogP contribution in [0.4, 0.5) is 4.39 Å². The van der Waals surface area contributed by atoms with E-state index in [1.54, 1.807) is 0 Å². The summed E-state index contributed by atoms with van der Waals surface area (Å²) in [4.78, 5) is 14.8. The molecule has 132 valence electrons. The van der Waals surface area contributed by atoms with Gasteiger partial charge < -0.3 is 9.84 Å². The number of amides is 1. The Morgan fingerprint density at radius 3 is 2.80 bits per heavy atom. The average molecular weight is 343 g/mol. The summed E-state index contributed by atoms with van der Waals surface area (Å²) in [7, 11) is 0. The lowest BCUT2D eigenvalue weighted by atomic mass is 9.91. The van der Waals surface area contributed by atoms with Gasteiger partial charge in [0.2, 0.25) is 0 Å². The van der Waals surface area contributed by atoms with Crippen LogP contribution in [-0.4, -0.2) is 35.1 Å². The number of nitrogens with one attached hydrogen (secondary N) is 1. The zero-order valence-electron chi connectivity index (χ0n) is 14.1. The minimum atomic E-state index is -0.338. The predicted molar refractivity (Wildman–Crippen MR) is 90.7 cm³/mol. The van der Waals surface area contributed by atoms with Gasteiger partial charge in [0, 0.05) is 30.1 Å². The number of fused-ring (bicyclic) bond motifs is 1. The molecule has 5 nitrogen and oxygen atoms in total. The van der Waals surface area contributed by atoms with Crippen LogP contribution in [0.15, 0.2) is 28.8 Å². The highest BCUT2D eigenvalue weighted by atomic mass is 19.1. The molecule has 1 aliphatic heterocycles. The summed E-state index contributed by atoms with van der Waals surface area (Å²) in [6.07, 6.45) is 4.86. The van der Waals surface area contributed by atoms with Gasteiger partial charge in [-0.15, -0.1) is 0 Å². The molecule has 0 spiro atoms. The summed E-state index contributed by atoms with van der Waals surface area (Å²) in [6, 6.07) is 5.69. The van der Waals surface area contributed by atoms with Gasteiger partial charge in [0.1, 0.15) is 17.3 Å². The maximum atomic E-state index is 13.0. The van der Waals surface area contributed by atoms with Gasteiger partial charge in [0.15, 0.2) is 0 Å². The molecule has 2 aromatic rings. The summed E-state index contributed by atoms with van der Waals surface area (Å²) >= 11 is 0. The van der Waals surface area contributed by atoms with E-state index in [9.17, 15) is 9.18 Å². The second-order valence-electron chi connectivity index (χ2n) is 6.93. The van der Waals surface area contributed by atoms with Gasteiger partial charge in [-0.25, -0.2) is 4.39 Å². The molecule has 6 heteroatoms. The number of aromatic nitrogens is 1. The molecule has 1 aromatic carbocycles. The van der Waals surface area contributed by atoms with Crippen molar-refractivity contribution in [3.8, 4) is 0 Å². The monoisotopic (exact) mass is 343 g/mol. The smallest absolute Gasteiger partial charge is 0.251 e. The number of aryl methyl sites for hydroxylation is 1. The van der Waals surface area contributed by atoms with Gasteiger partial charge in [0.25, 0.3) is 5.91 Å². The Kier molecular flexibility index (Phi) is 4.53. The molecular formula is C19H22FN3O2. The maximum Gasteiger partial charge on any atom is 0.251 e. The Hall–Kier alpha value is -2.21. The number of likely N-dealkylation sites (tertiary alicyclic amines) is 1. The highest BCUT2D eigenvalue weighted by Gasteiger charge is 2.28. The summed E-state index contributed by atoms with van der Waals surface area (Å²) in [5, 5.41) is 7.33. The van der Waals surface area contributed by atoms with E-state index < -0.39 is 0 Å². The third-order valence-electron chi connectivity index (χ3n) is 5.14. The van der Waals surface area contributed by atoms with Crippen LogP contribution in [0.1, 0.15) is 46.6 Å². The molecule has 0 radical (unpaired) electrons. The fourth-order valence-electron chi connectivity index (χ4n) is 3.73. The van der Waals surface area contributed by atoms with E-state index in [1.807, 2.05) is 0 Å². The van der Waals surface area contributed by atoms with Crippen LogP contribution in [0.3, 0.4) is 0 Å². The fraction of sp³-hybridized carbons (Fsp3) is 0.474. The molecule has 1 saturated heterocycles. The molecule has 4 rings (SSSR count). The Labute approximate surface area is 146 Å². The predicted octanol–water partition coefficient (Wildman–Crippen LogP) is 2.70. The second kappa shape index (κ2) is 6.96. The molecule has 2 aliphatic rings. The van der Waals surface area contributed by atoms with Crippen LogP contribution in [0.25, 0.3) is 0 Å². The molecular weight excluding hydrogens is 321 g/mol. The minimum Gasteiger partial charge on any atom is -0.361 e. The van der Waals surface area contributed by atoms with Crippen LogP contribution >= 0.6 is 0 Å². The topological polar surface area (TPSA) is 58.4 Å². The molecule has 1 amide bonds. The van der Waals surface area contributed by atoms with E-state index in [2.05, 4.69) is 15.4 Å².